The van der Waals surface area contributed by atoms with Crippen LogP contribution in [0, 0.1) is 11.8 Å². The second-order valence-electron chi connectivity index (χ2n) is 8.60. The van der Waals surface area contributed by atoms with Gasteiger partial charge < -0.3 is 15.5 Å². The molecule has 0 saturated carbocycles. The number of guanidine groups is 1. The Labute approximate surface area is 172 Å². The van der Waals surface area contributed by atoms with Gasteiger partial charge in [-0.15, -0.1) is 0 Å². The number of hydrogen-bond donors (Lipinski definition) is 2. The van der Waals surface area contributed by atoms with Gasteiger partial charge in [-0.1, -0.05) is 13.8 Å². The van der Waals surface area contributed by atoms with Gasteiger partial charge in [-0.25, -0.2) is 12.7 Å². The molecule has 2 aliphatic heterocycles. The molecule has 1 unspecified atom stereocenters. The Hall–Kier alpha value is -0.860. The lowest BCUT2D eigenvalue weighted by molar-refractivity contribution is 0.162. The maximum Gasteiger partial charge on any atom is 0.213 e. The number of piperidine rings is 2. The van der Waals surface area contributed by atoms with Crippen LogP contribution in [0.15, 0.2) is 4.99 Å². The molecule has 2 aliphatic rings. The van der Waals surface area contributed by atoms with Crippen LogP contribution in [-0.4, -0.2) is 81.2 Å². The Bertz CT molecular complexity index is 585. The van der Waals surface area contributed by atoms with Gasteiger partial charge in [-0.3, -0.25) is 4.99 Å². The van der Waals surface area contributed by atoms with Crippen molar-refractivity contribution in [3.63, 3.8) is 0 Å². The van der Waals surface area contributed by atoms with E-state index in [2.05, 4.69) is 36.3 Å². The molecule has 2 rings (SSSR count). The minimum absolute atomic E-state index is 0.185. The maximum atomic E-state index is 12.0. The van der Waals surface area contributed by atoms with Crippen LogP contribution in [0.1, 0.15) is 53.4 Å². The lowest BCUT2D eigenvalue weighted by Gasteiger charge is -2.34. The SMILES string of the molecule is CCNC(=NCC1CCCN(CC(C)C)C1)NC1CCN(S(=O)(=O)CC)CC1. The normalized spacial score (nSPS) is 23.9. The number of nitrogens with one attached hydrogen (secondary N) is 2. The Balaban J connectivity index is 1.84. The zero-order chi connectivity index (χ0) is 20.6. The third kappa shape index (κ3) is 7.52. The van der Waals surface area contributed by atoms with Crippen LogP contribution in [0.3, 0.4) is 0 Å². The largest absolute Gasteiger partial charge is 0.357 e. The first-order valence-electron chi connectivity index (χ1n) is 11.1. The molecule has 28 heavy (non-hydrogen) atoms. The highest BCUT2D eigenvalue weighted by molar-refractivity contribution is 7.89. The van der Waals surface area contributed by atoms with Crippen molar-refractivity contribution < 1.29 is 8.42 Å². The lowest BCUT2D eigenvalue weighted by Crippen LogP contribution is -2.50. The second kappa shape index (κ2) is 11.4. The molecule has 8 heteroatoms. The van der Waals surface area contributed by atoms with Crippen LogP contribution in [0.2, 0.25) is 0 Å². The first-order chi connectivity index (χ1) is 13.3. The summed E-state index contributed by atoms with van der Waals surface area (Å²) in [6.45, 7) is 14.8. The first-order valence-corrected chi connectivity index (χ1v) is 12.7. The van der Waals surface area contributed by atoms with Crippen molar-refractivity contribution in [1.82, 2.24) is 19.8 Å². The summed E-state index contributed by atoms with van der Waals surface area (Å²) < 4.78 is 25.7. The smallest absolute Gasteiger partial charge is 0.213 e. The van der Waals surface area contributed by atoms with Crippen LogP contribution in [0.5, 0.6) is 0 Å². The molecule has 0 radical (unpaired) electrons. The average molecular weight is 416 g/mol. The van der Waals surface area contributed by atoms with E-state index in [1.807, 2.05) is 0 Å². The molecular weight excluding hydrogens is 374 g/mol. The molecule has 2 fully saturated rings. The number of rotatable bonds is 8. The summed E-state index contributed by atoms with van der Waals surface area (Å²) in [7, 11) is -3.07. The third-order valence-electron chi connectivity index (χ3n) is 5.63. The van der Waals surface area contributed by atoms with Gasteiger partial charge in [0.25, 0.3) is 0 Å². The van der Waals surface area contributed by atoms with E-state index in [0.717, 1.165) is 38.4 Å². The zero-order valence-electron chi connectivity index (χ0n) is 18.3. The van der Waals surface area contributed by atoms with E-state index in [9.17, 15) is 8.42 Å². The minimum atomic E-state index is -3.07. The summed E-state index contributed by atoms with van der Waals surface area (Å²) in [5, 5.41) is 6.89. The van der Waals surface area contributed by atoms with E-state index in [0.29, 0.717) is 24.9 Å². The Morgan fingerprint density at radius 3 is 2.46 bits per heavy atom. The second-order valence-corrected chi connectivity index (χ2v) is 10.9. The zero-order valence-corrected chi connectivity index (χ0v) is 19.1. The average Bonchev–Trinajstić information content (AvgIpc) is 2.66. The van der Waals surface area contributed by atoms with Crippen LogP contribution in [-0.2, 0) is 10.0 Å². The summed E-state index contributed by atoms with van der Waals surface area (Å²) in [6, 6.07) is 0.282. The highest BCUT2D eigenvalue weighted by atomic mass is 32.2. The van der Waals surface area contributed by atoms with Crippen molar-refractivity contribution in [2.45, 2.75) is 59.4 Å². The van der Waals surface area contributed by atoms with Gasteiger partial charge >= 0.3 is 0 Å². The molecule has 1 atom stereocenters. The van der Waals surface area contributed by atoms with Gasteiger partial charge in [0.05, 0.1) is 5.75 Å². The van der Waals surface area contributed by atoms with Gasteiger partial charge in [0, 0.05) is 45.3 Å². The molecule has 0 aromatic carbocycles. The minimum Gasteiger partial charge on any atom is -0.357 e. The fraction of sp³-hybridized carbons (Fsp3) is 0.950. The fourth-order valence-corrected chi connectivity index (χ4v) is 5.31. The van der Waals surface area contributed by atoms with Gasteiger partial charge in [0.2, 0.25) is 10.0 Å². The highest BCUT2D eigenvalue weighted by Crippen LogP contribution is 2.18. The first kappa shape index (κ1) is 23.4. The molecule has 0 amide bonds. The lowest BCUT2D eigenvalue weighted by atomic mass is 9.97. The molecule has 2 N–H and O–H groups in total. The van der Waals surface area contributed by atoms with E-state index in [1.165, 1.54) is 25.9 Å². The number of sulfonamides is 1. The van der Waals surface area contributed by atoms with E-state index in [1.54, 1.807) is 11.2 Å². The van der Waals surface area contributed by atoms with Crippen molar-refractivity contribution in [2.24, 2.45) is 16.8 Å². The van der Waals surface area contributed by atoms with Crippen molar-refractivity contribution in [3.05, 3.63) is 0 Å². The highest BCUT2D eigenvalue weighted by Gasteiger charge is 2.27. The Morgan fingerprint density at radius 2 is 1.86 bits per heavy atom. The van der Waals surface area contributed by atoms with Crippen molar-refractivity contribution in [2.75, 3.05) is 51.6 Å². The number of likely N-dealkylation sites (tertiary alicyclic amines) is 1. The van der Waals surface area contributed by atoms with Crippen molar-refractivity contribution in [1.29, 1.82) is 0 Å². The standard InChI is InChI=1S/C20H41N5O2S/c1-5-21-20(22-14-18-8-7-11-24(16-18)15-17(3)4)23-19-9-12-25(13-10-19)28(26,27)6-2/h17-19H,5-16H2,1-4H3,(H2,21,22,23). The Morgan fingerprint density at radius 1 is 1.14 bits per heavy atom. The Kier molecular flexibility index (Phi) is 9.50. The van der Waals surface area contributed by atoms with Gasteiger partial charge in [-0.05, 0) is 57.9 Å². The third-order valence-corrected chi connectivity index (χ3v) is 7.51. The monoisotopic (exact) mass is 415 g/mol. The summed E-state index contributed by atoms with van der Waals surface area (Å²) in [4.78, 5) is 7.45. The quantitative estimate of drug-likeness (QED) is 0.466. The van der Waals surface area contributed by atoms with Crippen LogP contribution < -0.4 is 10.6 Å². The topological polar surface area (TPSA) is 77.0 Å². The van der Waals surface area contributed by atoms with Crippen LogP contribution in [0.4, 0.5) is 0 Å². The molecule has 2 saturated heterocycles. The maximum absolute atomic E-state index is 12.0. The fourth-order valence-electron chi connectivity index (χ4n) is 4.18. The molecular formula is C20H41N5O2S. The molecule has 2 heterocycles. The van der Waals surface area contributed by atoms with Gasteiger partial charge in [-0.2, -0.15) is 0 Å². The molecule has 0 aromatic rings. The molecule has 0 spiro atoms. The predicted molar refractivity (Wildman–Crippen MR) is 117 cm³/mol. The van der Waals surface area contributed by atoms with E-state index in [4.69, 9.17) is 4.99 Å². The van der Waals surface area contributed by atoms with E-state index >= 15 is 0 Å². The molecule has 7 nitrogen and oxygen atoms in total. The predicted octanol–water partition coefficient (Wildman–Crippen LogP) is 1.72. The summed E-state index contributed by atoms with van der Waals surface area (Å²) in [6.07, 6.45) is 4.18. The summed E-state index contributed by atoms with van der Waals surface area (Å²) >= 11 is 0. The summed E-state index contributed by atoms with van der Waals surface area (Å²) in [5.41, 5.74) is 0. The molecule has 0 aliphatic carbocycles. The number of aliphatic imine (C=N–C) groups is 1. The van der Waals surface area contributed by atoms with Gasteiger partial charge in [0.15, 0.2) is 5.96 Å². The van der Waals surface area contributed by atoms with Crippen molar-refractivity contribution in [3.8, 4) is 0 Å². The van der Waals surface area contributed by atoms with Gasteiger partial charge in [0.1, 0.15) is 0 Å². The van der Waals surface area contributed by atoms with E-state index in [-0.39, 0.29) is 11.8 Å². The number of hydrogen-bond acceptors (Lipinski definition) is 4. The molecule has 0 aromatic heterocycles. The molecule has 0 bridgehead atoms. The molecule has 164 valence electrons. The number of nitrogens with zero attached hydrogens (tertiary/aromatic N) is 3. The summed E-state index contributed by atoms with van der Waals surface area (Å²) in [5.74, 6) is 2.40. The van der Waals surface area contributed by atoms with E-state index < -0.39 is 10.0 Å². The van der Waals surface area contributed by atoms with Crippen LogP contribution in [0.25, 0.3) is 0 Å². The van der Waals surface area contributed by atoms with Crippen LogP contribution >= 0.6 is 0 Å². The van der Waals surface area contributed by atoms with Crippen molar-refractivity contribution >= 4 is 16.0 Å².